The quantitative estimate of drug-likeness (QED) is 0.718. The lowest BCUT2D eigenvalue weighted by molar-refractivity contribution is 0.0587. The zero-order chi connectivity index (χ0) is 12.7. The first-order chi connectivity index (χ1) is 8.13. The monoisotopic (exact) mass is 241 g/mol. The fraction of sp³-hybridized carbons (Fsp3) is 0.455. The second kappa shape index (κ2) is 6.82. The normalized spacial score (nSPS) is 12.1. The molecule has 0 radical (unpaired) electrons. The van der Waals surface area contributed by atoms with Crippen LogP contribution < -0.4 is 10.9 Å². The summed E-state index contributed by atoms with van der Waals surface area (Å²) in [5.41, 5.74) is -0.233. The number of hydrogen-bond donors (Lipinski definition) is 2. The Kier molecular flexibility index (Phi) is 5.38. The summed E-state index contributed by atoms with van der Waals surface area (Å²) in [7, 11) is 1.49. The molecule has 1 aromatic heterocycles. The molecule has 1 rings (SSSR count). The number of nitrogens with one attached hydrogen (secondary N) is 1. The van der Waals surface area contributed by atoms with E-state index in [1.54, 1.807) is 0 Å². The van der Waals surface area contributed by atoms with E-state index in [1.165, 1.54) is 19.2 Å². The molecule has 0 spiro atoms. The van der Waals surface area contributed by atoms with Crippen LogP contribution in [0.25, 0.3) is 0 Å². The van der Waals surface area contributed by atoms with Gasteiger partial charge in [0.05, 0.1) is 18.3 Å². The third-order valence-corrected chi connectivity index (χ3v) is 2.09. The van der Waals surface area contributed by atoms with Crippen LogP contribution in [0.4, 0.5) is 0 Å². The number of hydrogen-bond acceptors (Lipinski definition) is 5. The highest BCUT2D eigenvalue weighted by Gasteiger charge is 2.07. The number of aliphatic hydroxyl groups is 1. The topological polar surface area (TPSA) is 88.8 Å². The minimum Gasteiger partial charge on any atom is -0.430 e. The third kappa shape index (κ3) is 4.80. The maximum atomic E-state index is 11.5. The zero-order valence-corrected chi connectivity index (χ0v) is 9.51. The Morgan fingerprint density at radius 1 is 1.59 bits per heavy atom. The van der Waals surface area contributed by atoms with Crippen LogP contribution in [0, 0.1) is 0 Å². The molecular weight excluding hydrogens is 226 g/mol. The van der Waals surface area contributed by atoms with Crippen molar-refractivity contribution in [2.75, 3.05) is 20.3 Å². The summed E-state index contributed by atoms with van der Waals surface area (Å²) in [4.78, 5) is 22.2. The molecule has 0 aromatic carbocycles. The molecule has 94 valence electrons. The number of aliphatic hydroxyl groups excluding tert-OH is 1. The second-order valence-corrected chi connectivity index (χ2v) is 3.50. The Bertz CT molecular complexity index is 394. The molecule has 1 aromatic rings. The number of amides is 1. The Balaban J connectivity index is 2.35. The highest BCUT2D eigenvalue weighted by atomic mass is 16.5. The van der Waals surface area contributed by atoms with Gasteiger partial charge in [-0.25, -0.2) is 4.79 Å². The molecule has 0 saturated heterocycles. The molecule has 17 heavy (non-hydrogen) atoms. The van der Waals surface area contributed by atoms with Gasteiger partial charge >= 0.3 is 5.63 Å². The van der Waals surface area contributed by atoms with Crippen molar-refractivity contribution in [3.63, 3.8) is 0 Å². The Morgan fingerprint density at radius 2 is 2.35 bits per heavy atom. The lowest BCUT2D eigenvalue weighted by Gasteiger charge is -2.09. The number of carbonyl (C=O) groups is 1. The van der Waals surface area contributed by atoms with Gasteiger partial charge in [0.15, 0.2) is 0 Å². The van der Waals surface area contributed by atoms with Gasteiger partial charge in [-0.1, -0.05) is 0 Å². The van der Waals surface area contributed by atoms with E-state index in [0.29, 0.717) is 13.0 Å². The molecule has 0 bridgehead atoms. The first-order valence-corrected chi connectivity index (χ1v) is 5.17. The van der Waals surface area contributed by atoms with E-state index in [9.17, 15) is 14.7 Å². The first-order valence-electron chi connectivity index (χ1n) is 5.17. The van der Waals surface area contributed by atoms with Crippen molar-refractivity contribution in [3.8, 4) is 0 Å². The fourth-order valence-electron chi connectivity index (χ4n) is 1.22. The highest BCUT2D eigenvalue weighted by Crippen LogP contribution is 1.96. The van der Waals surface area contributed by atoms with E-state index in [-0.39, 0.29) is 18.1 Å². The number of rotatable bonds is 6. The molecule has 0 fully saturated rings. The van der Waals surface area contributed by atoms with Crippen molar-refractivity contribution < 1.29 is 19.1 Å². The summed E-state index contributed by atoms with van der Waals surface area (Å²) in [5.74, 6) is -0.349. The van der Waals surface area contributed by atoms with Crippen molar-refractivity contribution in [2.45, 2.75) is 12.5 Å². The molecule has 0 aliphatic heterocycles. The molecule has 0 saturated carbocycles. The van der Waals surface area contributed by atoms with Gasteiger partial charge in [0.2, 0.25) is 0 Å². The van der Waals surface area contributed by atoms with Gasteiger partial charge in [0.1, 0.15) is 6.26 Å². The van der Waals surface area contributed by atoms with E-state index in [1.807, 2.05) is 0 Å². The minimum atomic E-state index is -0.603. The van der Waals surface area contributed by atoms with Crippen LogP contribution in [-0.4, -0.2) is 37.4 Å². The van der Waals surface area contributed by atoms with Crippen molar-refractivity contribution in [3.05, 3.63) is 34.4 Å². The van der Waals surface area contributed by atoms with E-state index < -0.39 is 11.7 Å². The molecule has 0 aliphatic carbocycles. The zero-order valence-electron chi connectivity index (χ0n) is 9.51. The highest BCUT2D eigenvalue weighted by molar-refractivity contribution is 5.93. The first kappa shape index (κ1) is 13.4. The average molecular weight is 241 g/mol. The van der Waals surface area contributed by atoms with Crippen LogP contribution >= 0.6 is 0 Å². The van der Waals surface area contributed by atoms with Crippen LogP contribution in [0.15, 0.2) is 27.6 Å². The maximum Gasteiger partial charge on any atom is 0.335 e. The van der Waals surface area contributed by atoms with Crippen LogP contribution in [0.1, 0.15) is 16.8 Å². The van der Waals surface area contributed by atoms with Gasteiger partial charge in [-0.3, -0.25) is 4.79 Å². The van der Waals surface area contributed by atoms with Crippen LogP contribution in [-0.2, 0) is 4.74 Å². The Morgan fingerprint density at radius 3 is 2.94 bits per heavy atom. The smallest absolute Gasteiger partial charge is 0.335 e. The maximum absolute atomic E-state index is 11.5. The SMILES string of the molecule is COCC(O)CCNC(=O)c1ccc(=O)oc1. The van der Waals surface area contributed by atoms with E-state index >= 15 is 0 Å². The van der Waals surface area contributed by atoms with Crippen molar-refractivity contribution in [1.82, 2.24) is 5.32 Å². The molecule has 6 nitrogen and oxygen atoms in total. The molecule has 1 heterocycles. The van der Waals surface area contributed by atoms with Crippen LogP contribution in [0.3, 0.4) is 0 Å². The lowest BCUT2D eigenvalue weighted by Crippen LogP contribution is -2.28. The predicted octanol–water partition coefficient (Wildman–Crippen LogP) is -0.233. The number of ether oxygens (including phenoxy) is 1. The van der Waals surface area contributed by atoms with Gasteiger partial charge in [-0.05, 0) is 12.5 Å². The van der Waals surface area contributed by atoms with Crippen molar-refractivity contribution in [1.29, 1.82) is 0 Å². The number of methoxy groups -OCH3 is 1. The largest absolute Gasteiger partial charge is 0.430 e. The summed E-state index contributed by atoms with van der Waals surface area (Å²) in [6.45, 7) is 0.554. The molecule has 1 atom stereocenters. The van der Waals surface area contributed by atoms with Crippen molar-refractivity contribution in [2.24, 2.45) is 0 Å². The summed E-state index contributed by atoms with van der Waals surface area (Å²) < 4.78 is 9.31. The number of carbonyl (C=O) groups excluding carboxylic acids is 1. The van der Waals surface area contributed by atoms with E-state index in [4.69, 9.17) is 4.74 Å². The van der Waals surface area contributed by atoms with E-state index in [2.05, 4.69) is 9.73 Å². The molecule has 1 unspecified atom stereocenters. The Labute approximate surface area is 98.2 Å². The van der Waals surface area contributed by atoms with Crippen LogP contribution in [0.2, 0.25) is 0 Å². The van der Waals surface area contributed by atoms with Gasteiger partial charge in [0, 0.05) is 19.7 Å². The predicted molar refractivity (Wildman–Crippen MR) is 59.8 cm³/mol. The van der Waals surface area contributed by atoms with Gasteiger partial charge in [-0.15, -0.1) is 0 Å². The van der Waals surface area contributed by atoms with Gasteiger partial charge < -0.3 is 19.6 Å². The molecule has 2 N–H and O–H groups in total. The standard InChI is InChI=1S/C11H15NO5/c1-16-7-9(13)4-5-12-11(15)8-2-3-10(14)17-6-8/h2-3,6,9,13H,4-5,7H2,1H3,(H,12,15). The lowest BCUT2D eigenvalue weighted by atomic mass is 10.2. The Hall–Kier alpha value is -1.66. The van der Waals surface area contributed by atoms with Crippen LogP contribution in [0.5, 0.6) is 0 Å². The molecule has 1 amide bonds. The summed E-state index contributed by atoms with van der Waals surface area (Å²) >= 11 is 0. The summed E-state index contributed by atoms with van der Waals surface area (Å²) in [5, 5.41) is 11.9. The average Bonchev–Trinajstić information content (AvgIpc) is 2.30. The molecule has 6 heteroatoms. The molecular formula is C11H15NO5. The van der Waals surface area contributed by atoms with Gasteiger partial charge in [-0.2, -0.15) is 0 Å². The minimum absolute atomic E-state index is 0.232. The summed E-state index contributed by atoms with van der Waals surface area (Å²) in [6.07, 6.45) is 0.897. The van der Waals surface area contributed by atoms with Crippen molar-refractivity contribution >= 4 is 5.91 Å². The summed E-state index contributed by atoms with van der Waals surface area (Å²) in [6, 6.07) is 2.56. The van der Waals surface area contributed by atoms with Gasteiger partial charge in [0.25, 0.3) is 5.91 Å². The molecule has 0 aliphatic rings. The van der Waals surface area contributed by atoms with E-state index in [0.717, 1.165) is 6.26 Å². The second-order valence-electron chi connectivity index (χ2n) is 3.50. The third-order valence-electron chi connectivity index (χ3n) is 2.09. The fourth-order valence-corrected chi connectivity index (χ4v) is 1.22.